The van der Waals surface area contributed by atoms with Crippen LogP contribution in [0.25, 0.3) is 0 Å². The number of piperidine rings is 1. The summed E-state index contributed by atoms with van der Waals surface area (Å²) in [5.41, 5.74) is 6.12. The van der Waals surface area contributed by atoms with E-state index in [9.17, 15) is 4.79 Å². The van der Waals surface area contributed by atoms with Gasteiger partial charge in [-0.05, 0) is 50.4 Å². The van der Waals surface area contributed by atoms with Gasteiger partial charge in [0.15, 0.2) is 0 Å². The Morgan fingerprint density at radius 3 is 2.50 bits per heavy atom. The fraction of sp³-hybridized carbons (Fsp3) is 0.938. The molecule has 2 unspecified atom stereocenters. The third-order valence-corrected chi connectivity index (χ3v) is 5.72. The second-order valence-electron chi connectivity index (χ2n) is 6.90. The van der Waals surface area contributed by atoms with Crippen molar-refractivity contribution in [3.05, 3.63) is 0 Å². The Morgan fingerprint density at radius 2 is 1.75 bits per heavy atom. The highest BCUT2D eigenvalue weighted by molar-refractivity contribution is 5.85. The summed E-state index contributed by atoms with van der Waals surface area (Å²) < 4.78 is 0. The molecule has 3 aliphatic rings. The Morgan fingerprint density at radius 1 is 1.00 bits per heavy atom. The van der Waals surface area contributed by atoms with Gasteiger partial charge >= 0.3 is 0 Å². The van der Waals surface area contributed by atoms with Crippen molar-refractivity contribution in [3.63, 3.8) is 0 Å². The van der Waals surface area contributed by atoms with Crippen molar-refractivity contribution in [2.75, 3.05) is 6.54 Å². The number of halogens is 1. The Labute approximate surface area is 129 Å². The molecule has 1 amide bonds. The quantitative estimate of drug-likeness (QED) is 0.852. The van der Waals surface area contributed by atoms with E-state index in [-0.39, 0.29) is 18.4 Å². The lowest BCUT2D eigenvalue weighted by atomic mass is 9.78. The maximum absolute atomic E-state index is 12.6. The van der Waals surface area contributed by atoms with E-state index in [2.05, 4.69) is 4.90 Å². The molecule has 0 aromatic carbocycles. The molecule has 3 rings (SSSR count). The summed E-state index contributed by atoms with van der Waals surface area (Å²) in [4.78, 5) is 14.9. The van der Waals surface area contributed by atoms with E-state index < -0.39 is 0 Å². The van der Waals surface area contributed by atoms with Crippen LogP contribution in [0.15, 0.2) is 0 Å². The smallest absolute Gasteiger partial charge is 0.223 e. The normalized spacial score (nSPS) is 37.1. The Balaban J connectivity index is 0.00000147. The maximum atomic E-state index is 12.6. The van der Waals surface area contributed by atoms with Crippen molar-refractivity contribution in [1.29, 1.82) is 0 Å². The standard InChI is InChI=1S/C16H28N2O.ClH/c17-14-8-3-6-13(14)11-16(19)18-10-4-7-12-5-1-2-9-15(12)18;/h12-15H,1-11,17H2;1H/t12?,13-,14+,15?;/m0./s1. The summed E-state index contributed by atoms with van der Waals surface area (Å²) in [6.45, 7) is 1.00. The Hall–Kier alpha value is -0.280. The largest absolute Gasteiger partial charge is 0.339 e. The minimum Gasteiger partial charge on any atom is -0.339 e. The fourth-order valence-corrected chi connectivity index (χ4v) is 4.59. The highest BCUT2D eigenvalue weighted by Gasteiger charge is 2.37. The number of carbonyl (C=O) groups is 1. The van der Waals surface area contributed by atoms with Crippen LogP contribution >= 0.6 is 12.4 Å². The van der Waals surface area contributed by atoms with Gasteiger partial charge < -0.3 is 10.6 Å². The predicted molar refractivity (Wildman–Crippen MR) is 83.9 cm³/mol. The van der Waals surface area contributed by atoms with Crippen LogP contribution < -0.4 is 5.73 Å². The molecule has 4 atom stereocenters. The van der Waals surface area contributed by atoms with Gasteiger partial charge in [0.1, 0.15) is 0 Å². The van der Waals surface area contributed by atoms with Gasteiger partial charge in [0, 0.05) is 25.0 Å². The third kappa shape index (κ3) is 3.30. The second kappa shape index (κ2) is 7.13. The van der Waals surface area contributed by atoms with Crippen molar-refractivity contribution in [2.45, 2.75) is 76.3 Å². The summed E-state index contributed by atoms with van der Waals surface area (Å²) in [6.07, 6.45) is 12.0. The Kier molecular flexibility index (Phi) is 5.74. The van der Waals surface area contributed by atoms with Gasteiger partial charge in [0.25, 0.3) is 0 Å². The molecule has 3 nitrogen and oxygen atoms in total. The highest BCUT2D eigenvalue weighted by atomic mass is 35.5. The molecule has 0 radical (unpaired) electrons. The number of hydrogen-bond donors (Lipinski definition) is 1. The van der Waals surface area contributed by atoms with E-state index in [0.29, 0.717) is 24.3 Å². The van der Waals surface area contributed by atoms with Crippen LogP contribution in [0.2, 0.25) is 0 Å². The van der Waals surface area contributed by atoms with E-state index in [0.717, 1.165) is 25.3 Å². The van der Waals surface area contributed by atoms with Crippen LogP contribution in [0.1, 0.15) is 64.2 Å². The van der Waals surface area contributed by atoms with E-state index in [4.69, 9.17) is 5.73 Å². The lowest BCUT2D eigenvalue weighted by Gasteiger charge is -2.44. The van der Waals surface area contributed by atoms with Gasteiger partial charge in [0.2, 0.25) is 5.91 Å². The zero-order chi connectivity index (χ0) is 13.2. The van der Waals surface area contributed by atoms with Crippen molar-refractivity contribution < 1.29 is 4.79 Å². The molecular weight excluding hydrogens is 272 g/mol. The summed E-state index contributed by atoms with van der Waals surface area (Å²) in [5.74, 6) is 1.65. The van der Waals surface area contributed by atoms with Crippen molar-refractivity contribution in [1.82, 2.24) is 4.90 Å². The van der Waals surface area contributed by atoms with Gasteiger partial charge in [-0.2, -0.15) is 0 Å². The molecule has 0 bridgehead atoms. The molecule has 0 aromatic heterocycles. The number of carbonyl (C=O) groups excluding carboxylic acids is 1. The van der Waals surface area contributed by atoms with E-state index in [1.54, 1.807) is 0 Å². The number of nitrogens with two attached hydrogens (primary N) is 1. The molecule has 4 heteroatoms. The van der Waals surface area contributed by atoms with Crippen LogP contribution in [0.5, 0.6) is 0 Å². The van der Waals surface area contributed by atoms with Gasteiger partial charge in [-0.25, -0.2) is 0 Å². The first-order valence-corrected chi connectivity index (χ1v) is 8.31. The fourth-order valence-electron chi connectivity index (χ4n) is 4.59. The molecule has 116 valence electrons. The van der Waals surface area contributed by atoms with Gasteiger partial charge in [-0.1, -0.05) is 19.3 Å². The van der Waals surface area contributed by atoms with Crippen LogP contribution in [0.4, 0.5) is 0 Å². The average Bonchev–Trinajstić information content (AvgIpc) is 2.83. The minimum absolute atomic E-state index is 0. The van der Waals surface area contributed by atoms with Crippen LogP contribution in [0, 0.1) is 11.8 Å². The van der Waals surface area contributed by atoms with Crippen molar-refractivity contribution >= 4 is 18.3 Å². The van der Waals surface area contributed by atoms with Crippen LogP contribution in [0.3, 0.4) is 0 Å². The van der Waals surface area contributed by atoms with Crippen LogP contribution in [-0.4, -0.2) is 29.4 Å². The van der Waals surface area contributed by atoms with Crippen molar-refractivity contribution in [3.8, 4) is 0 Å². The number of fused-ring (bicyclic) bond motifs is 1. The van der Waals surface area contributed by atoms with Gasteiger partial charge in [-0.3, -0.25) is 4.79 Å². The number of likely N-dealkylation sites (tertiary alicyclic amines) is 1. The SMILES string of the molecule is Cl.N[C@@H]1CCC[C@H]1CC(=O)N1CCCC2CCCCC21. The topological polar surface area (TPSA) is 46.3 Å². The lowest BCUT2D eigenvalue weighted by Crippen LogP contribution is -2.50. The third-order valence-electron chi connectivity index (χ3n) is 5.72. The molecule has 1 aliphatic heterocycles. The molecule has 2 aliphatic carbocycles. The second-order valence-corrected chi connectivity index (χ2v) is 6.90. The molecule has 0 spiro atoms. The molecule has 2 N–H and O–H groups in total. The molecule has 2 saturated carbocycles. The predicted octanol–water partition coefficient (Wildman–Crippen LogP) is 3.11. The summed E-state index contributed by atoms with van der Waals surface area (Å²) in [5, 5.41) is 0. The van der Waals surface area contributed by atoms with Crippen molar-refractivity contribution in [2.24, 2.45) is 17.6 Å². The molecule has 1 saturated heterocycles. The van der Waals surface area contributed by atoms with Gasteiger partial charge in [0.05, 0.1) is 0 Å². The Bertz CT molecular complexity index is 334. The molecule has 3 fully saturated rings. The minimum atomic E-state index is 0. The summed E-state index contributed by atoms with van der Waals surface area (Å²) in [7, 11) is 0. The lowest BCUT2D eigenvalue weighted by molar-refractivity contribution is -0.138. The average molecular weight is 301 g/mol. The maximum Gasteiger partial charge on any atom is 0.223 e. The summed E-state index contributed by atoms with van der Waals surface area (Å²) >= 11 is 0. The zero-order valence-electron chi connectivity index (χ0n) is 12.4. The van der Waals surface area contributed by atoms with E-state index in [1.807, 2.05) is 0 Å². The number of nitrogens with zero attached hydrogens (tertiary/aromatic N) is 1. The monoisotopic (exact) mass is 300 g/mol. The number of rotatable bonds is 2. The first-order chi connectivity index (χ1) is 9.25. The highest BCUT2D eigenvalue weighted by Crippen LogP contribution is 2.36. The molecule has 0 aromatic rings. The number of hydrogen-bond acceptors (Lipinski definition) is 2. The summed E-state index contributed by atoms with van der Waals surface area (Å²) in [6, 6.07) is 0.837. The van der Waals surface area contributed by atoms with Crippen LogP contribution in [-0.2, 0) is 4.79 Å². The zero-order valence-corrected chi connectivity index (χ0v) is 13.2. The molecule has 20 heavy (non-hydrogen) atoms. The van der Waals surface area contributed by atoms with E-state index >= 15 is 0 Å². The van der Waals surface area contributed by atoms with Gasteiger partial charge in [-0.15, -0.1) is 12.4 Å². The number of amides is 1. The first kappa shape index (κ1) is 16.1. The van der Waals surface area contributed by atoms with E-state index in [1.165, 1.54) is 44.9 Å². The molecular formula is C16H29ClN2O. The molecule has 1 heterocycles. The first-order valence-electron chi connectivity index (χ1n) is 8.31.